The minimum Gasteiger partial charge on any atom is -0.432 e. The number of nitrogens with one attached hydrogen (secondary N) is 1. The number of esters is 1. The van der Waals surface area contributed by atoms with Gasteiger partial charge < -0.3 is 178 Å². The number of amides is 1. The Morgan fingerprint density at radius 1 is 0.619 bits per heavy atom. The molecule has 11 fully saturated rings. The summed E-state index contributed by atoms with van der Waals surface area (Å²) in [4.78, 5) is 57.0. The lowest BCUT2D eigenvalue weighted by molar-refractivity contribution is -0.377. The molecule has 7 aliphatic heterocycles. The maximum atomic E-state index is 16.2. The molecule has 43 atom stereocenters. The van der Waals surface area contributed by atoms with Crippen LogP contribution in [0.3, 0.4) is 0 Å². The summed E-state index contributed by atoms with van der Waals surface area (Å²) in [7, 11) is 0. The molecule has 118 heavy (non-hydrogen) atoms. The van der Waals surface area contributed by atoms with E-state index in [1.165, 1.54) is 13.8 Å². The number of allylic oxidation sites excluding steroid dienone is 2. The van der Waals surface area contributed by atoms with Gasteiger partial charge in [-0.05, 0) is 129 Å². The van der Waals surface area contributed by atoms with E-state index < -0.39 is 304 Å². The lowest BCUT2D eigenvalue weighted by atomic mass is 9.33. The molecule has 0 bridgehead atoms. The SMILES string of the molecule is CC[C@@H](C)[C@@H](CC(C)=O)C[C@H](O)CC(=O)N[C@@H]1C(CO)O[C@H](OC(=O)[C@]23CCC(C)(C)CC2C2=CCC4C5(C)CC[C@H](O[C@@H]6O[CH][C@H](O)[C@H](O[C@@H]7OC[C@H](O)[C@H](O)C7O)C6O[C@@H]6OC(CO)[C@H](O)[C@H](O)C6O)[C@](C)(C=O)[C@@H]5CCC4(C)C2(C)CC3O)[C@H](O[C@H]2OC(C)[C@@H](O[C@H]3OC[C@@H](O)C(O[C@H]4OC[C@@](O)(CO)C4O)[C@H]3O)C(O)[C@@H]2O)C1O. The molecular weight excluding hydrogens is 1570 g/mol. The van der Waals surface area contributed by atoms with Crippen molar-refractivity contribution in [2.24, 2.45) is 62.1 Å². The molecule has 1 amide bonds. The maximum Gasteiger partial charge on any atom is 0.317 e. The van der Waals surface area contributed by atoms with Gasteiger partial charge in [-0.15, -0.1) is 0 Å². The molecule has 7 saturated heterocycles. The Kier molecular flexibility index (Phi) is 29.1. The topological polar surface area (TPSA) is 594 Å². The number of carbonyl (C=O) groups excluding carboxylic acids is 4. The van der Waals surface area contributed by atoms with Crippen LogP contribution in [0.1, 0.15) is 153 Å². The Labute approximate surface area is 684 Å². The molecule has 38 heteroatoms. The summed E-state index contributed by atoms with van der Waals surface area (Å²) in [6, 6.07) is -1.64. The predicted octanol–water partition coefficient (Wildman–Crippen LogP) is -4.76. The van der Waals surface area contributed by atoms with Crippen molar-refractivity contribution in [3.63, 3.8) is 0 Å². The standard InChI is InChI=1S/C80H128NO37/c1-11-33(2)36(20-34(3)86)21-37(87)22-49(92)81-50-43(25-82)110-71(63(53(50)95)116-68-58(100)55(97)60(35(4)109-68)113-67-59(101)61(41(89)28-106-67)114-72-65(102)79(104,31-85)32-108-72)118-73(103)80-19-18-74(5,6)23-39(80)38-12-13-46-75(7)16-15-48(76(8,30-84)45(75)14-17-77(46,9)78(38,10)24-47(80)91)112-70-64(117-69-57(99)54(96)52(94)44(26-83)111-69)62(42(90)29-107-70)115-66-56(98)51(93)40(88)27-105-66/h12,29-30,33,35-37,39-48,50-72,82-83,85,87-91,93-102,104H,11,13-28,31-32H2,1-10H3,(H,81,92)/t33-,35?,36+,37+,39?,40+,41-,42+,43?,44?,45-,46?,47?,48+,50-,51+,52+,53?,54+,55?,56?,57?,58+,59-,60-,61?,62+,63-,64?,65?,66+,67-,68-,69+,70+,71-,72-,75?,76-,77?,78?,79+,80-/m1/s1. The third-order valence-electron chi connectivity index (χ3n) is 29.5. The molecule has 16 unspecified atom stereocenters. The molecular formula is C80H128NO37. The Morgan fingerprint density at radius 2 is 1.24 bits per heavy atom. The average molecular weight is 1700 g/mol. The molecule has 0 aromatic carbocycles. The molecule has 0 aromatic heterocycles. The molecule has 7 heterocycles. The minimum absolute atomic E-state index is 0.00367. The number of aldehydes is 1. The molecule has 5 aliphatic carbocycles. The normalized spacial score (nSPS) is 50.4. The molecule has 1 radical (unpaired) electrons. The summed E-state index contributed by atoms with van der Waals surface area (Å²) < 4.78 is 84.9. The van der Waals surface area contributed by atoms with Crippen molar-refractivity contribution in [3.05, 3.63) is 18.3 Å². The van der Waals surface area contributed by atoms with Gasteiger partial charge in [0.05, 0.1) is 81.9 Å². The van der Waals surface area contributed by atoms with E-state index >= 15 is 4.79 Å². The van der Waals surface area contributed by atoms with Crippen molar-refractivity contribution < 1.29 is 183 Å². The van der Waals surface area contributed by atoms with Crippen molar-refractivity contribution in [3.8, 4) is 0 Å². The number of Topliss-reactive ketones (excluding diaryl/α,β-unsaturated/α-hetero) is 1. The molecule has 38 nitrogen and oxygen atoms in total. The third kappa shape index (κ3) is 17.4. The first-order valence-electron chi connectivity index (χ1n) is 41.6. The van der Waals surface area contributed by atoms with E-state index in [9.17, 15) is 111 Å². The van der Waals surface area contributed by atoms with Gasteiger partial charge >= 0.3 is 5.97 Å². The lowest BCUT2D eigenvalue weighted by Gasteiger charge is -2.71. The molecule has 0 aromatic rings. The summed E-state index contributed by atoms with van der Waals surface area (Å²) in [5.74, 6) is -3.64. The van der Waals surface area contributed by atoms with Gasteiger partial charge in [0.1, 0.15) is 146 Å². The summed E-state index contributed by atoms with van der Waals surface area (Å²) in [5.41, 5.74) is -7.03. The smallest absolute Gasteiger partial charge is 0.317 e. The Hall–Kier alpha value is -3.26. The quantitative estimate of drug-likeness (QED) is 0.0159. The fourth-order valence-electron chi connectivity index (χ4n) is 22.0. The van der Waals surface area contributed by atoms with Crippen LogP contribution in [0.25, 0.3) is 0 Å². The van der Waals surface area contributed by atoms with Gasteiger partial charge in [-0.2, -0.15) is 0 Å². The lowest BCUT2D eigenvalue weighted by Crippen LogP contribution is -2.70. The predicted molar refractivity (Wildman–Crippen MR) is 396 cm³/mol. The number of ketones is 1. The van der Waals surface area contributed by atoms with E-state index in [-0.39, 0.29) is 55.6 Å². The average Bonchev–Trinajstić information content (AvgIpc) is 0.715. The zero-order chi connectivity index (χ0) is 86.3. The second kappa shape index (κ2) is 36.6. The van der Waals surface area contributed by atoms with Crippen LogP contribution in [-0.2, 0) is 85.5 Å². The number of aliphatic hydroxyl groups excluding tert-OH is 18. The van der Waals surface area contributed by atoms with Gasteiger partial charge in [0.15, 0.2) is 43.8 Å². The zero-order valence-electron chi connectivity index (χ0n) is 68.4. The largest absolute Gasteiger partial charge is 0.432 e. The van der Waals surface area contributed by atoms with Crippen molar-refractivity contribution in [1.29, 1.82) is 0 Å². The molecule has 675 valence electrons. The van der Waals surface area contributed by atoms with Crippen molar-refractivity contribution in [2.45, 2.75) is 355 Å². The van der Waals surface area contributed by atoms with Crippen LogP contribution in [0, 0.1) is 68.7 Å². The molecule has 12 rings (SSSR count). The highest BCUT2D eigenvalue weighted by molar-refractivity contribution is 5.80. The van der Waals surface area contributed by atoms with E-state index in [2.05, 4.69) is 46.0 Å². The molecule has 12 aliphatic rings. The second-order valence-corrected chi connectivity index (χ2v) is 37.4. The number of fused-ring (bicyclic) bond motifs is 7. The van der Waals surface area contributed by atoms with Crippen LogP contribution >= 0.6 is 0 Å². The monoisotopic (exact) mass is 1690 g/mol. The highest BCUT2D eigenvalue weighted by Gasteiger charge is 2.73. The van der Waals surface area contributed by atoms with Crippen LogP contribution in [0.2, 0.25) is 0 Å². The van der Waals surface area contributed by atoms with Crippen molar-refractivity contribution in [1.82, 2.24) is 5.32 Å². The summed E-state index contributed by atoms with van der Waals surface area (Å²) in [6.45, 7) is 15.6. The number of rotatable bonds is 27. The Balaban J connectivity index is 0.805. The molecule has 0 spiro atoms. The van der Waals surface area contributed by atoms with Crippen molar-refractivity contribution >= 4 is 23.9 Å². The summed E-state index contributed by atoms with van der Waals surface area (Å²) in [5, 5.41) is 215. The van der Waals surface area contributed by atoms with Gasteiger partial charge in [-0.25, -0.2) is 0 Å². The molecule has 4 saturated carbocycles. The summed E-state index contributed by atoms with van der Waals surface area (Å²) in [6.07, 6.45) is -47.6. The van der Waals surface area contributed by atoms with Gasteiger partial charge in [0.25, 0.3) is 0 Å². The summed E-state index contributed by atoms with van der Waals surface area (Å²) >= 11 is 0. The highest BCUT2D eigenvalue weighted by atomic mass is 16.8. The van der Waals surface area contributed by atoms with E-state index in [0.717, 1.165) is 18.5 Å². The van der Waals surface area contributed by atoms with Crippen LogP contribution in [0.5, 0.6) is 0 Å². The third-order valence-corrected chi connectivity index (χ3v) is 29.5. The van der Waals surface area contributed by atoms with Crippen LogP contribution in [0.15, 0.2) is 11.6 Å². The molecule has 20 N–H and O–H groups in total. The van der Waals surface area contributed by atoms with E-state index in [0.29, 0.717) is 44.9 Å². The second-order valence-electron chi connectivity index (χ2n) is 37.4. The first-order valence-corrected chi connectivity index (χ1v) is 41.6. The number of aliphatic hydroxyl groups is 19. The Bertz CT molecular complexity index is 3460. The van der Waals surface area contributed by atoms with Crippen LogP contribution in [0.4, 0.5) is 0 Å². The van der Waals surface area contributed by atoms with Gasteiger partial charge in [0.2, 0.25) is 12.2 Å². The first kappa shape index (κ1) is 93.9. The van der Waals surface area contributed by atoms with Crippen LogP contribution in [-0.4, -0.2) is 363 Å². The fraction of sp³-hybridized carbons (Fsp3) is 0.912. The van der Waals surface area contributed by atoms with Crippen LogP contribution < -0.4 is 5.32 Å². The number of ether oxygens (including phenoxy) is 14. The van der Waals surface area contributed by atoms with E-state index in [4.69, 9.17) is 66.3 Å². The Morgan fingerprint density at radius 3 is 1.89 bits per heavy atom. The van der Waals surface area contributed by atoms with Gasteiger partial charge in [0, 0.05) is 6.42 Å². The number of hydrogen-bond donors (Lipinski definition) is 20. The van der Waals surface area contributed by atoms with Crippen molar-refractivity contribution in [2.75, 3.05) is 39.6 Å². The highest BCUT2D eigenvalue weighted by Crippen LogP contribution is 2.76. The van der Waals surface area contributed by atoms with Gasteiger partial charge in [-0.1, -0.05) is 73.5 Å². The first-order chi connectivity index (χ1) is 55.4. The van der Waals surface area contributed by atoms with E-state index in [1.807, 2.05) is 13.8 Å². The minimum atomic E-state index is -2.15. The van der Waals surface area contributed by atoms with Gasteiger partial charge in [-0.3, -0.25) is 9.59 Å². The van der Waals surface area contributed by atoms with E-state index in [1.54, 1.807) is 6.92 Å². The maximum absolute atomic E-state index is 16.2. The zero-order valence-corrected chi connectivity index (χ0v) is 68.4. The number of carbonyl (C=O) groups is 4. The number of hydrogen-bond acceptors (Lipinski definition) is 37. The fourth-order valence-corrected chi connectivity index (χ4v) is 22.0.